The molecule has 168 valence electrons. The van der Waals surface area contributed by atoms with Gasteiger partial charge in [-0.1, -0.05) is 6.07 Å². The lowest BCUT2D eigenvalue weighted by atomic mass is 10.0. The Morgan fingerprint density at radius 2 is 1.84 bits per heavy atom. The number of carbonyl (C=O) groups is 1. The first-order valence-electron chi connectivity index (χ1n) is 9.99. The second-order valence-electron chi connectivity index (χ2n) is 7.75. The molecule has 9 nitrogen and oxygen atoms in total. The number of nitrogens with zero attached hydrogens (tertiary/aromatic N) is 1. The van der Waals surface area contributed by atoms with E-state index in [-0.39, 0.29) is 17.5 Å². The van der Waals surface area contributed by atoms with Gasteiger partial charge in [0, 0.05) is 36.9 Å². The number of nitrogens with one attached hydrogen (secondary N) is 2. The molecule has 2 aromatic carbocycles. The number of carbonyl (C=O) groups excluding carboxylic acids is 1. The van der Waals surface area contributed by atoms with Crippen molar-refractivity contribution in [1.29, 1.82) is 0 Å². The maximum atomic E-state index is 11.4. The lowest BCUT2D eigenvalue weighted by Gasteiger charge is -2.34. The van der Waals surface area contributed by atoms with Crippen molar-refractivity contribution in [3.63, 3.8) is 0 Å². The molecule has 1 fully saturated rings. The molecule has 10 heteroatoms. The number of sulfonamides is 1. The molecule has 1 saturated heterocycles. The van der Waals surface area contributed by atoms with E-state index in [1.807, 2.05) is 12.1 Å². The highest BCUT2D eigenvalue weighted by molar-refractivity contribution is 7.92. The zero-order valence-corrected chi connectivity index (χ0v) is 18.1. The minimum atomic E-state index is -3.54. The largest absolute Gasteiger partial charge is 0.506 e. The minimum Gasteiger partial charge on any atom is -0.506 e. The number of phenolic OH excluding ortho intramolecular Hbond substituents is 1. The highest BCUT2D eigenvalue weighted by Gasteiger charge is 2.21. The number of primary amides is 1. The number of amides is 1. The summed E-state index contributed by atoms with van der Waals surface area (Å²) in [7, 11) is -3.54. The molecular formula is C21H28N4O5S. The molecule has 1 aliphatic heterocycles. The SMILES string of the molecule is CS(=O)(=O)Nc1cc(C(O)CNC2CCN(c3ccc(C(N)=O)cc3)CC2)ccc1O. The Kier molecular flexibility index (Phi) is 7.04. The van der Waals surface area contributed by atoms with Gasteiger partial charge >= 0.3 is 0 Å². The zero-order valence-electron chi connectivity index (χ0n) is 17.3. The van der Waals surface area contributed by atoms with E-state index in [4.69, 9.17) is 5.73 Å². The molecule has 0 aromatic heterocycles. The fourth-order valence-electron chi connectivity index (χ4n) is 3.62. The van der Waals surface area contributed by atoms with E-state index in [1.54, 1.807) is 18.2 Å². The summed E-state index contributed by atoms with van der Waals surface area (Å²) in [5.41, 5.74) is 7.34. The van der Waals surface area contributed by atoms with Crippen LogP contribution in [0.1, 0.15) is 34.9 Å². The van der Waals surface area contributed by atoms with Crippen LogP contribution in [0, 0.1) is 0 Å². The van der Waals surface area contributed by atoms with Gasteiger partial charge in [0.2, 0.25) is 15.9 Å². The Balaban J connectivity index is 1.51. The number of aliphatic hydroxyl groups is 1. The molecule has 0 bridgehead atoms. The van der Waals surface area contributed by atoms with E-state index in [1.165, 1.54) is 12.1 Å². The summed E-state index contributed by atoms with van der Waals surface area (Å²) in [6.07, 6.45) is 1.93. The van der Waals surface area contributed by atoms with Crippen LogP contribution in [-0.2, 0) is 10.0 Å². The summed E-state index contributed by atoms with van der Waals surface area (Å²) in [6.45, 7) is 1.98. The molecule has 1 unspecified atom stereocenters. The van der Waals surface area contributed by atoms with Gasteiger partial charge < -0.3 is 26.2 Å². The van der Waals surface area contributed by atoms with Gasteiger partial charge in [-0.3, -0.25) is 9.52 Å². The molecule has 1 atom stereocenters. The number of aromatic hydroxyl groups is 1. The van der Waals surface area contributed by atoms with Crippen LogP contribution in [0.2, 0.25) is 0 Å². The predicted molar refractivity (Wildman–Crippen MR) is 120 cm³/mol. The number of benzene rings is 2. The van der Waals surface area contributed by atoms with E-state index in [2.05, 4.69) is 14.9 Å². The van der Waals surface area contributed by atoms with Gasteiger partial charge in [-0.25, -0.2) is 8.42 Å². The number of anilines is 2. The van der Waals surface area contributed by atoms with Crippen molar-refractivity contribution in [3.8, 4) is 5.75 Å². The van der Waals surface area contributed by atoms with Crippen LogP contribution in [-0.4, -0.2) is 56.5 Å². The third kappa shape index (κ3) is 6.33. The number of hydrogen-bond donors (Lipinski definition) is 5. The second kappa shape index (κ2) is 9.54. The van der Waals surface area contributed by atoms with Gasteiger partial charge in [-0.15, -0.1) is 0 Å². The minimum absolute atomic E-state index is 0.0368. The first-order valence-corrected chi connectivity index (χ1v) is 11.9. The van der Waals surface area contributed by atoms with Crippen LogP contribution < -0.4 is 20.7 Å². The fourth-order valence-corrected chi connectivity index (χ4v) is 4.18. The second-order valence-corrected chi connectivity index (χ2v) is 9.50. The van der Waals surface area contributed by atoms with E-state index in [0.717, 1.165) is 37.9 Å². The van der Waals surface area contributed by atoms with E-state index in [0.29, 0.717) is 17.7 Å². The Morgan fingerprint density at radius 3 is 2.42 bits per heavy atom. The normalized spacial score (nSPS) is 16.1. The molecule has 0 radical (unpaired) electrons. The van der Waals surface area contributed by atoms with Gasteiger partial charge in [0.15, 0.2) is 0 Å². The van der Waals surface area contributed by atoms with E-state index < -0.39 is 22.0 Å². The third-order valence-electron chi connectivity index (χ3n) is 5.31. The van der Waals surface area contributed by atoms with Crippen LogP contribution in [0.25, 0.3) is 0 Å². The van der Waals surface area contributed by atoms with Crippen molar-refractivity contribution in [2.24, 2.45) is 5.73 Å². The lowest BCUT2D eigenvalue weighted by Crippen LogP contribution is -2.43. The monoisotopic (exact) mass is 448 g/mol. The number of rotatable bonds is 8. The number of hydrogen-bond acceptors (Lipinski definition) is 7. The molecule has 0 aliphatic carbocycles. The van der Waals surface area contributed by atoms with E-state index >= 15 is 0 Å². The third-order valence-corrected chi connectivity index (χ3v) is 5.90. The van der Waals surface area contributed by atoms with Crippen LogP contribution in [0.4, 0.5) is 11.4 Å². The van der Waals surface area contributed by atoms with Crippen molar-refractivity contribution in [2.45, 2.75) is 25.0 Å². The highest BCUT2D eigenvalue weighted by Crippen LogP contribution is 2.28. The smallest absolute Gasteiger partial charge is 0.248 e. The number of nitrogens with two attached hydrogens (primary N) is 1. The van der Waals surface area contributed by atoms with Crippen molar-refractivity contribution >= 4 is 27.3 Å². The molecule has 1 amide bonds. The first-order chi connectivity index (χ1) is 14.6. The van der Waals surface area contributed by atoms with Gasteiger partial charge in [0.05, 0.1) is 18.0 Å². The Morgan fingerprint density at radius 1 is 1.19 bits per heavy atom. The summed E-state index contributed by atoms with van der Waals surface area (Å²) in [4.78, 5) is 13.4. The highest BCUT2D eigenvalue weighted by atomic mass is 32.2. The summed E-state index contributed by atoms with van der Waals surface area (Å²) in [6, 6.07) is 11.8. The average molecular weight is 449 g/mol. The van der Waals surface area contributed by atoms with Gasteiger partial charge in [-0.05, 0) is 54.8 Å². The molecule has 0 spiro atoms. The summed E-state index contributed by atoms with van der Waals surface area (Å²) in [5, 5.41) is 23.7. The fraction of sp³-hybridized carbons (Fsp3) is 0.381. The molecule has 3 rings (SSSR count). The molecule has 31 heavy (non-hydrogen) atoms. The topological polar surface area (TPSA) is 145 Å². The number of aliphatic hydroxyl groups excluding tert-OH is 1. The number of piperidine rings is 1. The lowest BCUT2D eigenvalue weighted by molar-refractivity contribution is 0.1000. The van der Waals surface area contributed by atoms with Crippen LogP contribution >= 0.6 is 0 Å². The first kappa shape index (κ1) is 22.9. The van der Waals surface area contributed by atoms with Crippen LogP contribution in [0.15, 0.2) is 42.5 Å². The zero-order chi connectivity index (χ0) is 22.6. The maximum Gasteiger partial charge on any atom is 0.248 e. The molecule has 6 N–H and O–H groups in total. The molecule has 0 saturated carbocycles. The molecular weight excluding hydrogens is 420 g/mol. The molecule has 1 aliphatic rings. The van der Waals surface area contributed by atoms with Crippen molar-refractivity contribution in [2.75, 3.05) is 35.5 Å². The average Bonchev–Trinajstić information content (AvgIpc) is 2.73. The predicted octanol–water partition coefficient (Wildman–Crippen LogP) is 1.15. The van der Waals surface area contributed by atoms with Crippen LogP contribution in [0.3, 0.4) is 0 Å². The Labute approximate surface area is 181 Å². The standard InChI is InChI=1S/C21H28N4O5S/c1-31(29,30)24-18-12-15(4-7-19(18)26)20(27)13-23-16-8-10-25(11-9-16)17-5-2-14(3-6-17)21(22)28/h2-7,12,16,20,23-24,26-27H,8-11,13H2,1H3,(H2,22,28). The van der Waals surface area contributed by atoms with E-state index in [9.17, 15) is 23.4 Å². The summed E-state index contributed by atoms with van der Waals surface area (Å²) in [5.74, 6) is -0.647. The maximum absolute atomic E-state index is 11.4. The molecule has 1 heterocycles. The Hall–Kier alpha value is -2.82. The van der Waals surface area contributed by atoms with Gasteiger partial charge in [0.1, 0.15) is 5.75 Å². The van der Waals surface area contributed by atoms with Gasteiger partial charge in [0.25, 0.3) is 0 Å². The Bertz CT molecular complexity index is 1020. The van der Waals surface area contributed by atoms with Crippen LogP contribution in [0.5, 0.6) is 5.75 Å². The molecule has 2 aromatic rings. The summed E-state index contributed by atoms with van der Waals surface area (Å²) < 4.78 is 25.1. The quantitative estimate of drug-likeness (QED) is 0.381. The number of phenols is 1. The van der Waals surface area contributed by atoms with Crippen molar-refractivity contribution in [3.05, 3.63) is 53.6 Å². The van der Waals surface area contributed by atoms with Crippen molar-refractivity contribution in [1.82, 2.24) is 5.32 Å². The summed E-state index contributed by atoms with van der Waals surface area (Å²) >= 11 is 0. The van der Waals surface area contributed by atoms with Gasteiger partial charge in [-0.2, -0.15) is 0 Å². The van der Waals surface area contributed by atoms with Crippen molar-refractivity contribution < 1.29 is 23.4 Å².